The smallest absolute Gasteiger partial charge is 0.272 e. The van der Waals surface area contributed by atoms with E-state index in [0.29, 0.717) is 5.69 Å². The summed E-state index contributed by atoms with van der Waals surface area (Å²) < 4.78 is 0.995. The highest BCUT2D eigenvalue weighted by atomic mass is 79.9. The molecular formula is C20H19BrN4O. The maximum absolute atomic E-state index is 12.3. The van der Waals surface area contributed by atoms with Crippen LogP contribution in [0.25, 0.3) is 11.3 Å². The first kappa shape index (κ1) is 18.1. The normalized spacial score (nSPS) is 11.5. The Morgan fingerprint density at radius 1 is 1.08 bits per heavy atom. The number of hydrogen-bond acceptors (Lipinski definition) is 3. The molecule has 0 aliphatic rings. The fourth-order valence-electron chi connectivity index (χ4n) is 2.44. The lowest BCUT2D eigenvalue weighted by Crippen LogP contribution is -2.19. The number of carbonyl (C=O) groups excluding carboxylic acids is 1. The van der Waals surface area contributed by atoms with Crippen LogP contribution in [0.15, 0.2) is 58.1 Å². The van der Waals surface area contributed by atoms with Gasteiger partial charge in [-0.3, -0.25) is 9.89 Å². The molecule has 0 radical (unpaired) electrons. The van der Waals surface area contributed by atoms with E-state index in [1.807, 2.05) is 43.3 Å². The highest BCUT2D eigenvalue weighted by Crippen LogP contribution is 2.21. The summed E-state index contributed by atoms with van der Waals surface area (Å²) in [5.41, 5.74) is 8.70. The maximum atomic E-state index is 12.3. The molecule has 2 N–H and O–H groups in total. The molecule has 0 spiro atoms. The van der Waals surface area contributed by atoms with E-state index in [-0.39, 0.29) is 5.91 Å². The molecule has 0 saturated carbocycles. The number of nitrogens with zero attached hydrogens (tertiary/aromatic N) is 2. The molecule has 3 aromatic rings. The quantitative estimate of drug-likeness (QED) is 0.486. The second-order valence-electron chi connectivity index (χ2n) is 6.11. The summed E-state index contributed by atoms with van der Waals surface area (Å²) >= 11 is 3.40. The molecule has 0 saturated heterocycles. The van der Waals surface area contributed by atoms with Gasteiger partial charge in [-0.05, 0) is 61.7 Å². The van der Waals surface area contributed by atoms with Crippen LogP contribution in [-0.4, -0.2) is 21.8 Å². The molecule has 5 nitrogen and oxygen atoms in total. The Balaban J connectivity index is 1.72. The van der Waals surface area contributed by atoms with Crippen LogP contribution in [0.5, 0.6) is 0 Å². The third-order valence-electron chi connectivity index (χ3n) is 4.21. The number of H-pyrrole nitrogens is 1. The third-order valence-corrected chi connectivity index (χ3v) is 4.74. The Labute approximate surface area is 160 Å². The number of rotatable bonds is 4. The topological polar surface area (TPSA) is 70.1 Å². The monoisotopic (exact) mass is 410 g/mol. The number of halogens is 1. The largest absolute Gasteiger partial charge is 0.289 e. The molecule has 0 atom stereocenters. The molecule has 2 aromatic carbocycles. The fraction of sp³-hybridized carbons (Fsp3) is 0.150. The van der Waals surface area contributed by atoms with Crippen molar-refractivity contribution in [3.8, 4) is 11.3 Å². The van der Waals surface area contributed by atoms with Crippen molar-refractivity contribution in [1.29, 1.82) is 0 Å². The Hall–Kier alpha value is -2.73. The molecule has 1 amide bonds. The number of aromatic nitrogens is 2. The number of amides is 1. The van der Waals surface area contributed by atoms with Gasteiger partial charge in [0.05, 0.1) is 11.4 Å². The number of aromatic amines is 1. The summed E-state index contributed by atoms with van der Waals surface area (Å²) in [7, 11) is 0. The van der Waals surface area contributed by atoms with Gasteiger partial charge >= 0.3 is 0 Å². The number of hydrazone groups is 1. The van der Waals surface area contributed by atoms with E-state index >= 15 is 0 Å². The molecule has 3 rings (SSSR count). The van der Waals surface area contributed by atoms with Gasteiger partial charge < -0.3 is 0 Å². The number of hydrogen-bond donors (Lipinski definition) is 2. The average molecular weight is 411 g/mol. The number of nitrogens with one attached hydrogen (secondary N) is 2. The number of carbonyl (C=O) groups is 1. The molecule has 0 aliphatic heterocycles. The maximum Gasteiger partial charge on any atom is 0.289 e. The number of benzene rings is 2. The van der Waals surface area contributed by atoms with Crippen LogP contribution in [-0.2, 0) is 0 Å². The molecule has 0 unspecified atom stereocenters. The van der Waals surface area contributed by atoms with Gasteiger partial charge in [0.1, 0.15) is 5.69 Å². The van der Waals surface area contributed by atoms with Gasteiger partial charge in [0.15, 0.2) is 0 Å². The van der Waals surface area contributed by atoms with Crippen molar-refractivity contribution in [2.75, 3.05) is 0 Å². The Morgan fingerprint density at radius 2 is 1.81 bits per heavy atom. The predicted molar refractivity (Wildman–Crippen MR) is 107 cm³/mol. The Bertz CT molecular complexity index is 974. The van der Waals surface area contributed by atoms with Gasteiger partial charge in [0, 0.05) is 10.0 Å². The lowest BCUT2D eigenvalue weighted by Gasteiger charge is -2.02. The first-order chi connectivity index (χ1) is 12.4. The van der Waals surface area contributed by atoms with E-state index in [0.717, 1.165) is 27.0 Å². The van der Waals surface area contributed by atoms with Gasteiger partial charge in [-0.1, -0.05) is 40.2 Å². The third kappa shape index (κ3) is 4.08. The van der Waals surface area contributed by atoms with E-state index < -0.39 is 0 Å². The molecule has 0 bridgehead atoms. The lowest BCUT2D eigenvalue weighted by atomic mass is 10.0. The second-order valence-corrected chi connectivity index (χ2v) is 7.03. The summed E-state index contributed by atoms with van der Waals surface area (Å²) in [6, 6.07) is 15.6. The minimum Gasteiger partial charge on any atom is -0.272 e. The molecule has 26 heavy (non-hydrogen) atoms. The van der Waals surface area contributed by atoms with E-state index in [1.165, 1.54) is 11.1 Å². The van der Waals surface area contributed by atoms with Crippen LogP contribution in [0.3, 0.4) is 0 Å². The van der Waals surface area contributed by atoms with Crippen molar-refractivity contribution in [2.24, 2.45) is 5.10 Å². The highest BCUT2D eigenvalue weighted by Gasteiger charge is 2.11. The van der Waals surface area contributed by atoms with Crippen LogP contribution in [0.1, 0.15) is 34.1 Å². The highest BCUT2D eigenvalue weighted by molar-refractivity contribution is 9.10. The van der Waals surface area contributed by atoms with Crippen LogP contribution in [0, 0.1) is 13.8 Å². The van der Waals surface area contributed by atoms with Crippen molar-refractivity contribution in [1.82, 2.24) is 15.6 Å². The average Bonchev–Trinajstić information content (AvgIpc) is 3.12. The predicted octanol–water partition coefficient (Wildman–Crippen LogP) is 4.61. The van der Waals surface area contributed by atoms with Crippen molar-refractivity contribution in [3.05, 3.63) is 75.4 Å². The van der Waals surface area contributed by atoms with Crippen molar-refractivity contribution < 1.29 is 4.79 Å². The van der Waals surface area contributed by atoms with E-state index in [4.69, 9.17) is 0 Å². The molecule has 0 fully saturated rings. The van der Waals surface area contributed by atoms with E-state index in [2.05, 4.69) is 56.6 Å². The van der Waals surface area contributed by atoms with Gasteiger partial charge in [-0.2, -0.15) is 10.2 Å². The fourth-order valence-corrected chi connectivity index (χ4v) is 2.70. The van der Waals surface area contributed by atoms with Gasteiger partial charge in [-0.25, -0.2) is 5.43 Å². The molecular weight excluding hydrogens is 392 g/mol. The van der Waals surface area contributed by atoms with Gasteiger partial charge in [0.2, 0.25) is 0 Å². The standard InChI is InChI=1S/C20H19BrN4O/c1-12-4-5-16(10-13(12)2)18-11-19(24-23-18)20(26)25-22-14(3)15-6-8-17(21)9-7-15/h4-11H,1-3H3,(H,23,24)(H,25,26)/b22-14-. The minimum absolute atomic E-state index is 0.330. The second kappa shape index (κ2) is 7.66. The summed E-state index contributed by atoms with van der Waals surface area (Å²) in [4.78, 5) is 12.3. The van der Waals surface area contributed by atoms with Crippen molar-refractivity contribution in [2.45, 2.75) is 20.8 Å². The van der Waals surface area contributed by atoms with E-state index in [1.54, 1.807) is 6.07 Å². The first-order valence-corrected chi connectivity index (χ1v) is 8.97. The van der Waals surface area contributed by atoms with Crippen LogP contribution in [0.4, 0.5) is 0 Å². The van der Waals surface area contributed by atoms with Crippen LogP contribution >= 0.6 is 15.9 Å². The summed E-state index contributed by atoms with van der Waals surface area (Å²) in [5.74, 6) is -0.330. The zero-order valence-corrected chi connectivity index (χ0v) is 16.4. The van der Waals surface area contributed by atoms with Crippen molar-refractivity contribution in [3.63, 3.8) is 0 Å². The van der Waals surface area contributed by atoms with Gasteiger partial charge in [-0.15, -0.1) is 0 Å². The van der Waals surface area contributed by atoms with Crippen molar-refractivity contribution >= 4 is 27.5 Å². The number of aryl methyl sites for hydroxylation is 2. The zero-order chi connectivity index (χ0) is 18.7. The summed E-state index contributed by atoms with van der Waals surface area (Å²) in [6.07, 6.45) is 0. The first-order valence-electron chi connectivity index (χ1n) is 8.17. The molecule has 1 heterocycles. The van der Waals surface area contributed by atoms with Crippen LogP contribution < -0.4 is 5.43 Å². The molecule has 132 valence electrons. The Kier molecular flexibility index (Phi) is 5.32. The molecule has 6 heteroatoms. The van der Waals surface area contributed by atoms with Crippen LogP contribution in [0.2, 0.25) is 0 Å². The summed E-state index contributed by atoms with van der Waals surface area (Å²) in [6.45, 7) is 5.96. The molecule has 0 aliphatic carbocycles. The Morgan fingerprint density at radius 3 is 2.50 bits per heavy atom. The SMILES string of the molecule is C/C(=N/NC(=O)c1cc(-c2ccc(C)c(C)c2)n[nH]1)c1ccc(Br)cc1. The zero-order valence-electron chi connectivity index (χ0n) is 14.8. The minimum atomic E-state index is -0.330. The van der Waals surface area contributed by atoms with E-state index in [9.17, 15) is 4.79 Å². The molecule has 1 aromatic heterocycles. The summed E-state index contributed by atoms with van der Waals surface area (Å²) in [5, 5.41) is 11.2. The van der Waals surface area contributed by atoms with Gasteiger partial charge in [0.25, 0.3) is 5.91 Å². The lowest BCUT2D eigenvalue weighted by molar-refractivity contribution is 0.0950.